The van der Waals surface area contributed by atoms with Crippen molar-refractivity contribution in [2.45, 2.75) is 4.90 Å². The molecule has 16 heavy (non-hydrogen) atoms. The highest BCUT2D eigenvalue weighted by atomic mass is 32.2. The molecule has 0 bridgehead atoms. The molecule has 1 aromatic rings. The third-order valence-electron chi connectivity index (χ3n) is 2.12. The van der Waals surface area contributed by atoms with Crippen LogP contribution in [0.5, 0.6) is 0 Å². The van der Waals surface area contributed by atoms with Gasteiger partial charge in [-0.2, -0.15) is 0 Å². The first-order valence-corrected chi connectivity index (χ1v) is 6.08. The fraction of sp³-hybridized carbons (Fsp3) is 0.300. The van der Waals surface area contributed by atoms with Crippen LogP contribution in [0.25, 0.3) is 0 Å². The van der Waals surface area contributed by atoms with E-state index in [2.05, 4.69) is 5.32 Å². The summed E-state index contributed by atoms with van der Waals surface area (Å²) in [5.74, 6) is -0.242. The van der Waals surface area contributed by atoms with E-state index in [9.17, 15) is 13.2 Å². The normalized spacial score (nSPS) is 11.5. The van der Waals surface area contributed by atoms with Crippen LogP contribution in [0.4, 0.5) is 0 Å². The maximum Gasteiger partial charge on any atom is 0.251 e. The van der Waals surface area contributed by atoms with Gasteiger partial charge in [-0.15, -0.1) is 0 Å². The van der Waals surface area contributed by atoms with Gasteiger partial charge in [-0.25, -0.2) is 12.7 Å². The second kappa shape index (κ2) is 4.63. The molecule has 0 atom stereocenters. The second-order valence-corrected chi connectivity index (χ2v) is 5.54. The van der Waals surface area contributed by atoms with Crippen LogP contribution in [0.15, 0.2) is 29.2 Å². The average molecular weight is 242 g/mol. The van der Waals surface area contributed by atoms with Crippen LogP contribution in [0.1, 0.15) is 10.4 Å². The molecule has 0 fully saturated rings. The fourth-order valence-corrected chi connectivity index (χ4v) is 2.04. The average Bonchev–Trinajstić information content (AvgIpc) is 2.28. The van der Waals surface area contributed by atoms with Crippen LogP contribution in [0, 0.1) is 0 Å². The number of hydrogen-bond acceptors (Lipinski definition) is 3. The number of sulfonamides is 1. The molecule has 0 spiro atoms. The molecule has 0 saturated heterocycles. The van der Waals surface area contributed by atoms with Gasteiger partial charge in [0.05, 0.1) is 4.90 Å². The topological polar surface area (TPSA) is 66.5 Å². The molecule has 0 radical (unpaired) electrons. The number of hydrogen-bond donors (Lipinski definition) is 1. The van der Waals surface area contributed by atoms with Crippen molar-refractivity contribution in [3.63, 3.8) is 0 Å². The Morgan fingerprint density at radius 2 is 1.69 bits per heavy atom. The first-order valence-electron chi connectivity index (χ1n) is 4.64. The molecule has 0 aromatic heterocycles. The summed E-state index contributed by atoms with van der Waals surface area (Å²) in [7, 11) is 1.02. The molecule has 0 unspecified atom stereocenters. The SMILES string of the molecule is CNC(=O)c1ccc(S(=O)(=O)N(C)C)cc1. The third kappa shape index (κ3) is 2.40. The van der Waals surface area contributed by atoms with Crippen molar-refractivity contribution in [3.8, 4) is 0 Å². The van der Waals surface area contributed by atoms with E-state index >= 15 is 0 Å². The summed E-state index contributed by atoms with van der Waals surface area (Å²) in [5, 5.41) is 2.46. The van der Waals surface area contributed by atoms with E-state index in [1.165, 1.54) is 45.4 Å². The van der Waals surface area contributed by atoms with E-state index in [0.717, 1.165) is 4.31 Å². The molecule has 1 N–H and O–H groups in total. The van der Waals surface area contributed by atoms with E-state index in [-0.39, 0.29) is 10.8 Å². The largest absolute Gasteiger partial charge is 0.355 e. The zero-order chi connectivity index (χ0) is 12.3. The van der Waals surface area contributed by atoms with Gasteiger partial charge < -0.3 is 5.32 Å². The third-order valence-corrected chi connectivity index (χ3v) is 3.95. The van der Waals surface area contributed by atoms with Crippen molar-refractivity contribution in [2.24, 2.45) is 0 Å². The minimum Gasteiger partial charge on any atom is -0.355 e. The molecule has 0 aliphatic heterocycles. The summed E-state index contributed by atoms with van der Waals surface area (Å²) < 4.78 is 24.5. The number of carbonyl (C=O) groups is 1. The highest BCUT2D eigenvalue weighted by Crippen LogP contribution is 2.13. The lowest BCUT2D eigenvalue weighted by Gasteiger charge is -2.11. The summed E-state index contributed by atoms with van der Waals surface area (Å²) in [6, 6.07) is 5.80. The van der Waals surface area contributed by atoms with Crippen LogP contribution in [-0.4, -0.2) is 39.8 Å². The molecule has 6 heteroatoms. The van der Waals surface area contributed by atoms with Gasteiger partial charge in [-0.05, 0) is 24.3 Å². The first kappa shape index (κ1) is 12.7. The fourth-order valence-electron chi connectivity index (χ4n) is 1.13. The molecule has 1 aromatic carbocycles. The van der Waals surface area contributed by atoms with E-state index in [1.54, 1.807) is 0 Å². The Hall–Kier alpha value is -1.40. The molecule has 0 aliphatic carbocycles. The van der Waals surface area contributed by atoms with Crippen molar-refractivity contribution in [3.05, 3.63) is 29.8 Å². The maximum atomic E-state index is 11.7. The summed E-state index contributed by atoms with van der Waals surface area (Å²) in [6.45, 7) is 0. The van der Waals surface area contributed by atoms with Crippen LogP contribution in [0.2, 0.25) is 0 Å². The summed E-state index contributed by atoms with van der Waals surface area (Å²) in [4.78, 5) is 11.4. The number of benzene rings is 1. The van der Waals surface area contributed by atoms with Crippen molar-refractivity contribution in [1.82, 2.24) is 9.62 Å². The zero-order valence-corrected chi connectivity index (χ0v) is 10.2. The van der Waals surface area contributed by atoms with E-state index in [4.69, 9.17) is 0 Å². The quantitative estimate of drug-likeness (QED) is 0.828. The van der Waals surface area contributed by atoms with E-state index in [0.29, 0.717) is 5.56 Å². The molecule has 0 saturated carbocycles. The zero-order valence-electron chi connectivity index (χ0n) is 9.39. The van der Waals surface area contributed by atoms with Gasteiger partial charge >= 0.3 is 0 Å². The number of nitrogens with one attached hydrogen (secondary N) is 1. The van der Waals surface area contributed by atoms with Crippen molar-refractivity contribution >= 4 is 15.9 Å². The number of amides is 1. The van der Waals surface area contributed by atoms with Gasteiger partial charge in [0.1, 0.15) is 0 Å². The molecule has 0 aliphatic rings. The van der Waals surface area contributed by atoms with Crippen molar-refractivity contribution in [1.29, 1.82) is 0 Å². The lowest BCUT2D eigenvalue weighted by Crippen LogP contribution is -2.22. The maximum absolute atomic E-state index is 11.7. The second-order valence-electron chi connectivity index (χ2n) is 3.39. The predicted octanol–water partition coefficient (Wildman–Crippen LogP) is 0.296. The minimum absolute atomic E-state index is 0.171. The standard InChI is InChI=1S/C10H14N2O3S/c1-11-10(13)8-4-6-9(7-5-8)16(14,15)12(2)3/h4-7H,1-3H3,(H,11,13). The Labute approximate surface area is 95.1 Å². The monoisotopic (exact) mass is 242 g/mol. The van der Waals surface area contributed by atoms with Crippen LogP contribution in [-0.2, 0) is 10.0 Å². The highest BCUT2D eigenvalue weighted by Gasteiger charge is 2.17. The summed E-state index contributed by atoms with van der Waals surface area (Å²) in [5.41, 5.74) is 0.431. The minimum atomic E-state index is -3.42. The van der Waals surface area contributed by atoms with Crippen LogP contribution >= 0.6 is 0 Å². The van der Waals surface area contributed by atoms with Gasteiger partial charge in [-0.1, -0.05) is 0 Å². The number of nitrogens with zero attached hydrogens (tertiary/aromatic N) is 1. The molecular weight excluding hydrogens is 228 g/mol. The van der Waals surface area contributed by atoms with Gasteiger partial charge in [0, 0.05) is 26.7 Å². The Kier molecular flexibility index (Phi) is 3.66. The van der Waals surface area contributed by atoms with E-state index in [1.807, 2.05) is 0 Å². The Morgan fingerprint density at radius 1 is 1.19 bits per heavy atom. The van der Waals surface area contributed by atoms with Gasteiger partial charge in [0.2, 0.25) is 10.0 Å². The van der Waals surface area contributed by atoms with Crippen LogP contribution in [0.3, 0.4) is 0 Å². The summed E-state index contributed by atoms with van der Waals surface area (Å²) in [6.07, 6.45) is 0. The molecule has 88 valence electrons. The smallest absolute Gasteiger partial charge is 0.251 e. The molecule has 5 nitrogen and oxygen atoms in total. The van der Waals surface area contributed by atoms with Gasteiger partial charge in [0.15, 0.2) is 0 Å². The van der Waals surface area contributed by atoms with Gasteiger partial charge in [-0.3, -0.25) is 4.79 Å². The Balaban J connectivity index is 3.10. The first-order chi connectivity index (χ1) is 7.39. The highest BCUT2D eigenvalue weighted by molar-refractivity contribution is 7.89. The predicted molar refractivity (Wildman–Crippen MR) is 60.7 cm³/mol. The van der Waals surface area contributed by atoms with Crippen LogP contribution < -0.4 is 5.32 Å². The number of carbonyl (C=O) groups excluding carboxylic acids is 1. The lowest BCUT2D eigenvalue weighted by molar-refractivity contribution is 0.0963. The molecule has 1 rings (SSSR count). The van der Waals surface area contributed by atoms with Crippen molar-refractivity contribution < 1.29 is 13.2 Å². The molecule has 0 heterocycles. The molecule has 1 amide bonds. The number of rotatable bonds is 3. The van der Waals surface area contributed by atoms with E-state index < -0.39 is 10.0 Å². The Morgan fingerprint density at radius 3 is 2.06 bits per heavy atom. The lowest BCUT2D eigenvalue weighted by atomic mass is 10.2. The summed E-state index contributed by atoms with van der Waals surface area (Å²) >= 11 is 0. The Bertz CT molecular complexity index is 477. The van der Waals surface area contributed by atoms with Crippen molar-refractivity contribution in [2.75, 3.05) is 21.1 Å². The van der Waals surface area contributed by atoms with Gasteiger partial charge in [0.25, 0.3) is 5.91 Å². The molecular formula is C10H14N2O3S.